The van der Waals surface area contributed by atoms with Crippen LogP contribution in [0.4, 0.5) is 0 Å². The van der Waals surface area contributed by atoms with E-state index in [9.17, 15) is 0 Å². The van der Waals surface area contributed by atoms with E-state index < -0.39 is 0 Å². The number of furan rings is 1. The Morgan fingerprint density at radius 1 is 1.09 bits per heavy atom. The number of nitrogens with zero attached hydrogens (tertiary/aromatic N) is 3. The quantitative estimate of drug-likeness (QED) is 0.288. The van der Waals surface area contributed by atoms with E-state index in [2.05, 4.69) is 21.7 Å². The van der Waals surface area contributed by atoms with Crippen LogP contribution < -0.4 is 0 Å². The predicted octanol–water partition coefficient (Wildman–Crippen LogP) is 4.87. The Balaban J connectivity index is 2.13. The fourth-order valence-corrected chi connectivity index (χ4v) is 2.63. The number of para-hydroxylation sites is 1. The minimum absolute atomic E-state index is 0.0920. The van der Waals surface area contributed by atoms with Crippen molar-refractivity contribution < 1.29 is 4.42 Å². The lowest BCUT2D eigenvalue weighted by atomic mass is 10.1. The highest BCUT2D eigenvalue weighted by Crippen LogP contribution is 2.29. The van der Waals surface area contributed by atoms with Crippen LogP contribution in [0.25, 0.3) is 21.9 Å². The van der Waals surface area contributed by atoms with Crippen LogP contribution in [0.1, 0.15) is 5.56 Å². The number of halogens is 2. The first-order valence-corrected chi connectivity index (χ1v) is 7.82. The third kappa shape index (κ3) is 3.28. The van der Waals surface area contributed by atoms with Gasteiger partial charge in [0.1, 0.15) is 22.3 Å². The fraction of sp³-hybridized carbons (Fsp3) is 0.118. The molecule has 0 aliphatic heterocycles. The van der Waals surface area contributed by atoms with Crippen molar-refractivity contribution >= 4 is 62.9 Å². The van der Waals surface area contributed by atoms with Gasteiger partial charge in [-0.1, -0.05) is 29.8 Å². The van der Waals surface area contributed by atoms with Gasteiger partial charge in [0.2, 0.25) is 0 Å². The Morgan fingerprint density at radius 2 is 1.87 bits per heavy atom. The summed E-state index contributed by atoms with van der Waals surface area (Å²) in [6.07, 6.45) is 0. The molecule has 0 atom stereocenters. The summed E-state index contributed by atoms with van der Waals surface area (Å²) in [5.41, 5.74) is 2.46. The standard InChI is InChI=1S/C17H13Cl2N3O/c1-20-9-16(19)22-17(21-10-18)11-6-7-15-13(8-11)12-4-2-3-5-14(12)23-15/h2-8H,1,9-10H2. The molecule has 0 spiro atoms. The minimum atomic E-state index is 0.0920. The summed E-state index contributed by atoms with van der Waals surface area (Å²) in [5, 5.41) is 2.34. The first-order valence-electron chi connectivity index (χ1n) is 6.90. The first-order chi connectivity index (χ1) is 11.2. The second-order valence-electron chi connectivity index (χ2n) is 4.78. The largest absolute Gasteiger partial charge is 0.456 e. The van der Waals surface area contributed by atoms with Crippen LogP contribution in [0.2, 0.25) is 0 Å². The second-order valence-corrected chi connectivity index (χ2v) is 5.46. The molecule has 4 nitrogen and oxygen atoms in total. The van der Waals surface area contributed by atoms with Crippen molar-refractivity contribution in [3.63, 3.8) is 0 Å². The zero-order valence-electron chi connectivity index (χ0n) is 12.2. The van der Waals surface area contributed by atoms with E-state index >= 15 is 0 Å². The molecule has 0 N–H and O–H groups in total. The van der Waals surface area contributed by atoms with Gasteiger partial charge in [-0.15, -0.1) is 11.6 Å². The van der Waals surface area contributed by atoms with E-state index in [-0.39, 0.29) is 12.5 Å². The van der Waals surface area contributed by atoms with Gasteiger partial charge in [-0.25, -0.2) is 9.98 Å². The first kappa shape index (κ1) is 15.7. The van der Waals surface area contributed by atoms with E-state index in [1.165, 1.54) is 0 Å². The van der Waals surface area contributed by atoms with Gasteiger partial charge < -0.3 is 4.42 Å². The Morgan fingerprint density at radius 3 is 2.65 bits per heavy atom. The minimum Gasteiger partial charge on any atom is -0.456 e. The van der Waals surface area contributed by atoms with Gasteiger partial charge in [0.25, 0.3) is 0 Å². The lowest BCUT2D eigenvalue weighted by molar-refractivity contribution is 0.669. The molecule has 6 heteroatoms. The Labute approximate surface area is 143 Å². The Hall–Kier alpha value is -2.17. The summed E-state index contributed by atoms with van der Waals surface area (Å²) in [6.45, 7) is 3.64. The van der Waals surface area contributed by atoms with Crippen molar-refractivity contribution in [1.82, 2.24) is 0 Å². The topological polar surface area (TPSA) is 50.2 Å². The third-order valence-corrected chi connectivity index (χ3v) is 3.64. The molecule has 0 saturated carbocycles. The van der Waals surface area contributed by atoms with Gasteiger partial charge in [-0.2, -0.15) is 0 Å². The van der Waals surface area contributed by atoms with Gasteiger partial charge in [0, 0.05) is 16.3 Å². The fourth-order valence-electron chi connectivity index (χ4n) is 2.36. The molecule has 0 radical (unpaired) electrons. The van der Waals surface area contributed by atoms with Crippen molar-refractivity contribution in [2.24, 2.45) is 15.0 Å². The molecule has 0 aliphatic carbocycles. The summed E-state index contributed by atoms with van der Waals surface area (Å²) >= 11 is 11.8. The maximum absolute atomic E-state index is 6.03. The predicted molar refractivity (Wildman–Crippen MR) is 98.7 cm³/mol. The van der Waals surface area contributed by atoms with Gasteiger partial charge in [-0.3, -0.25) is 4.99 Å². The number of benzene rings is 2. The summed E-state index contributed by atoms with van der Waals surface area (Å²) in [7, 11) is 0. The average molecular weight is 346 g/mol. The van der Waals surface area contributed by atoms with E-state index in [0.717, 1.165) is 27.5 Å². The maximum Gasteiger partial charge on any atom is 0.157 e. The molecule has 0 fully saturated rings. The molecule has 0 saturated heterocycles. The number of fused-ring (bicyclic) bond motifs is 3. The monoisotopic (exact) mass is 345 g/mol. The van der Waals surface area contributed by atoms with E-state index in [1.807, 2.05) is 42.5 Å². The highest BCUT2D eigenvalue weighted by atomic mass is 35.5. The van der Waals surface area contributed by atoms with Gasteiger partial charge in [0.15, 0.2) is 5.84 Å². The Bertz CT molecular complexity index is 928. The lowest BCUT2D eigenvalue weighted by Gasteiger charge is -2.02. The molecule has 0 amide bonds. The molecule has 1 heterocycles. The Kier molecular flexibility index (Phi) is 4.74. The van der Waals surface area contributed by atoms with E-state index in [1.54, 1.807) is 0 Å². The van der Waals surface area contributed by atoms with Gasteiger partial charge in [0.05, 0.1) is 6.54 Å². The molecular formula is C17H13Cl2N3O. The molecule has 1 aromatic heterocycles. The average Bonchev–Trinajstić information content (AvgIpc) is 2.92. The van der Waals surface area contributed by atoms with Crippen LogP contribution >= 0.6 is 23.2 Å². The van der Waals surface area contributed by atoms with Crippen LogP contribution in [0, 0.1) is 0 Å². The lowest BCUT2D eigenvalue weighted by Crippen LogP contribution is -2.03. The molecule has 116 valence electrons. The van der Waals surface area contributed by atoms with Crippen molar-refractivity contribution in [1.29, 1.82) is 0 Å². The molecule has 0 bridgehead atoms. The van der Waals surface area contributed by atoms with E-state index in [0.29, 0.717) is 11.0 Å². The highest BCUT2D eigenvalue weighted by Gasteiger charge is 2.10. The third-order valence-electron chi connectivity index (χ3n) is 3.31. The second kappa shape index (κ2) is 6.94. The summed E-state index contributed by atoms with van der Waals surface area (Å²) in [4.78, 5) is 12.2. The van der Waals surface area contributed by atoms with Crippen LogP contribution in [0.3, 0.4) is 0 Å². The SMILES string of the molecule is C=NCC(Cl)=NC(=NCCl)c1ccc2oc3ccccc3c2c1. The molecular weight excluding hydrogens is 333 g/mol. The number of hydrogen-bond donors (Lipinski definition) is 0. The van der Waals surface area contributed by atoms with Crippen LogP contribution in [-0.2, 0) is 0 Å². The normalized spacial score (nSPS) is 13.0. The number of rotatable bonds is 4. The van der Waals surface area contributed by atoms with Crippen molar-refractivity contribution in [3.8, 4) is 0 Å². The molecule has 23 heavy (non-hydrogen) atoms. The van der Waals surface area contributed by atoms with E-state index in [4.69, 9.17) is 27.6 Å². The number of hydrogen-bond acceptors (Lipinski definition) is 3. The van der Waals surface area contributed by atoms with Crippen molar-refractivity contribution in [3.05, 3.63) is 48.0 Å². The molecule has 2 aromatic carbocycles. The van der Waals surface area contributed by atoms with Crippen molar-refractivity contribution in [2.75, 3.05) is 12.5 Å². The zero-order chi connectivity index (χ0) is 16.2. The zero-order valence-corrected chi connectivity index (χ0v) is 13.7. The molecule has 3 rings (SSSR count). The number of amidine groups is 1. The maximum atomic E-state index is 6.03. The summed E-state index contributed by atoms with van der Waals surface area (Å²) in [5.74, 6) is 0.459. The highest BCUT2D eigenvalue weighted by molar-refractivity contribution is 6.66. The smallest absolute Gasteiger partial charge is 0.157 e. The summed E-state index contributed by atoms with van der Waals surface area (Å²) < 4.78 is 5.82. The van der Waals surface area contributed by atoms with Gasteiger partial charge >= 0.3 is 0 Å². The van der Waals surface area contributed by atoms with Crippen LogP contribution in [0.15, 0.2) is 61.9 Å². The summed E-state index contributed by atoms with van der Waals surface area (Å²) in [6, 6.07) is 13.7. The van der Waals surface area contributed by atoms with Crippen molar-refractivity contribution in [2.45, 2.75) is 0 Å². The molecule has 0 aliphatic rings. The molecule has 0 unspecified atom stereocenters. The number of alkyl halides is 1. The molecule has 3 aromatic rings. The van der Waals surface area contributed by atoms with Gasteiger partial charge in [-0.05, 0) is 31.0 Å². The van der Waals surface area contributed by atoms with Crippen LogP contribution in [0.5, 0.6) is 0 Å². The number of aliphatic imine (C=N–C) groups is 3. The van der Waals surface area contributed by atoms with Crippen LogP contribution in [-0.4, -0.2) is 30.3 Å².